The van der Waals surface area contributed by atoms with Crippen molar-refractivity contribution in [2.75, 3.05) is 11.4 Å². The summed E-state index contributed by atoms with van der Waals surface area (Å²) >= 11 is 9.73. The quantitative estimate of drug-likeness (QED) is 0.619. The molecule has 1 N–H and O–H groups in total. The zero-order valence-electron chi connectivity index (χ0n) is 11.3. The first-order valence-electron chi connectivity index (χ1n) is 6.68. The average molecular weight is 366 g/mol. The summed E-state index contributed by atoms with van der Waals surface area (Å²) < 4.78 is 0.977. The van der Waals surface area contributed by atoms with Crippen molar-refractivity contribution in [3.05, 3.63) is 63.1 Å². The highest BCUT2D eigenvalue weighted by atomic mass is 79.9. The number of rotatable bonds is 2. The third kappa shape index (κ3) is 2.92. The zero-order chi connectivity index (χ0) is 14.8. The van der Waals surface area contributed by atoms with E-state index in [1.807, 2.05) is 42.5 Å². The lowest BCUT2D eigenvalue weighted by atomic mass is 9.99. The van der Waals surface area contributed by atoms with E-state index < -0.39 is 0 Å². The van der Waals surface area contributed by atoms with Gasteiger partial charge in [-0.3, -0.25) is 0 Å². The fraction of sp³-hybridized carbons (Fsp3) is 0.188. The molecular formula is C16H14BrClN2O. The standard InChI is InChI=1S/C16H14BrClN2O/c17-12-6-5-11(14(18)9-12)10-20-8-7-15(19-21)13-3-1-2-4-16(13)20/h1-6,9,21H,7-8,10H2/b19-15-. The summed E-state index contributed by atoms with van der Waals surface area (Å²) in [5.74, 6) is 0. The van der Waals surface area contributed by atoms with Crippen LogP contribution in [0.1, 0.15) is 17.5 Å². The second-order valence-electron chi connectivity index (χ2n) is 4.97. The van der Waals surface area contributed by atoms with Gasteiger partial charge in [-0.25, -0.2) is 0 Å². The minimum atomic E-state index is 0.724. The largest absolute Gasteiger partial charge is 0.411 e. The van der Waals surface area contributed by atoms with Gasteiger partial charge in [-0.05, 0) is 23.8 Å². The molecule has 3 rings (SSSR count). The van der Waals surface area contributed by atoms with Crippen molar-refractivity contribution in [3.63, 3.8) is 0 Å². The summed E-state index contributed by atoms with van der Waals surface area (Å²) in [5, 5.41) is 13.3. The highest BCUT2D eigenvalue weighted by Gasteiger charge is 2.22. The molecular weight excluding hydrogens is 352 g/mol. The number of benzene rings is 2. The molecule has 3 nitrogen and oxygen atoms in total. The molecule has 108 valence electrons. The Morgan fingerprint density at radius 1 is 1.24 bits per heavy atom. The van der Waals surface area contributed by atoms with Crippen LogP contribution < -0.4 is 4.90 Å². The van der Waals surface area contributed by atoms with Gasteiger partial charge in [0.15, 0.2) is 0 Å². The van der Waals surface area contributed by atoms with Gasteiger partial charge in [0, 0.05) is 40.3 Å². The maximum absolute atomic E-state index is 9.13. The molecule has 0 aliphatic carbocycles. The van der Waals surface area contributed by atoms with E-state index in [9.17, 15) is 0 Å². The second-order valence-corrected chi connectivity index (χ2v) is 6.29. The predicted octanol–water partition coefficient (Wildman–Crippen LogP) is 4.69. The summed E-state index contributed by atoms with van der Waals surface area (Å²) in [7, 11) is 0. The number of hydrogen-bond acceptors (Lipinski definition) is 3. The van der Waals surface area contributed by atoms with Crippen molar-refractivity contribution in [1.82, 2.24) is 0 Å². The van der Waals surface area contributed by atoms with Crippen LogP contribution in [0, 0.1) is 0 Å². The van der Waals surface area contributed by atoms with E-state index in [4.69, 9.17) is 16.8 Å². The van der Waals surface area contributed by atoms with Crippen LogP contribution in [0.4, 0.5) is 5.69 Å². The number of oxime groups is 1. The van der Waals surface area contributed by atoms with Crippen LogP contribution in [0.25, 0.3) is 0 Å². The van der Waals surface area contributed by atoms with Gasteiger partial charge in [-0.15, -0.1) is 0 Å². The fourth-order valence-corrected chi connectivity index (χ4v) is 3.35. The lowest BCUT2D eigenvalue weighted by Crippen LogP contribution is -2.32. The Kier molecular flexibility index (Phi) is 4.17. The van der Waals surface area contributed by atoms with Gasteiger partial charge in [-0.2, -0.15) is 0 Å². The minimum Gasteiger partial charge on any atom is -0.411 e. The average Bonchev–Trinajstić information content (AvgIpc) is 2.50. The van der Waals surface area contributed by atoms with Crippen LogP contribution >= 0.6 is 27.5 Å². The van der Waals surface area contributed by atoms with Crippen LogP contribution in [-0.2, 0) is 6.54 Å². The molecule has 0 saturated carbocycles. The van der Waals surface area contributed by atoms with Gasteiger partial charge in [0.2, 0.25) is 0 Å². The van der Waals surface area contributed by atoms with E-state index in [0.717, 1.165) is 51.5 Å². The predicted molar refractivity (Wildman–Crippen MR) is 89.6 cm³/mol. The van der Waals surface area contributed by atoms with Gasteiger partial charge < -0.3 is 10.1 Å². The maximum Gasteiger partial charge on any atom is 0.0906 e. The van der Waals surface area contributed by atoms with E-state index in [-0.39, 0.29) is 0 Å². The molecule has 0 radical (unpaired) electrons. The highest BCUT2D eigenvalue weighted by molar-refractivity contribution is 9.10. The normalized spacial score (nSPS) is 16.1. The molecule has 0 saturated heterocycles. The van der Waals surface area contributed by atoms with Gasteiger partial charge in [0.1, 0.15) is 0 Å². The SMILES string of the molecule is O/N=C1/CCN(Cc2ccc(Br)cc2Cl)c2ccccc21. The third-order valence-corrected chi connectivity index (χ3v) is 4.52. The topological polar surface area (TPSA) is 35.8 Å². The first-order valence-corrected chi connectivity index (χ1v) is 7.85. The summed E-state index contributed by atoms with van der Waals surface area (Å²) in [6.45, 7) is 1.55. The smallest absolute Gasteiger partial charge is 0.0906 e. The van der Waals surface area contributed by atoms with Crippen molar-refractivity contribution in [2.45, 2.75) is 13.0 Å². The first-order chi connectivity index (χ1) is 10.2. The molecule has 0 unspecified atom stereocenters. The number of para-hydroxylation sites is 1. The van der Waals surface area contributed by atoms with Crippen LogP contribution in [-0.4, -0.2) is 17.5 Å². The minimum absolute atomic E-state index is 0.724. The van der Waals surface area contributed by atoms with Crippen molar-refractivity contribution in [1.29, 1.82) is 0 Å². The molecule has 1 aliphatic rings. The van der Waals surface area contributed by atoms with Gasteiger partial charge >= 0.3 is 0 Å². The van der Waals surface area contributed by atoms with Crippen molar-refractivity contribution in [3.8, 4) is 0 Å². The molecule has 5 heteroatoms. The lowest BCUT2D eigenvalue weighted by molar-refractivity contribution is 0.317. The molecule has 1 aliphatic heterocycles. The van der Waals surface area contributed by atoms with Crippen LogP contribution in [0.5, 0.6) is 0 Å². The monoisotopic (exact) mass is 364 g/mol. The van der Waals surface area contributed by atoms with Crippen LogP contribution in [0.2, 0.25) is 5.02 Å². The zero-order valence-corrected chi connectivity index (χ0v) is 13.6. The molecule has 0 bridgehead atoms. The Morgan fingerprint density at radius 3 is 2.81 bits per heavy atom. The number of hydrogen-bond donors (Lipinski definition) is 1. The third-order valence-electron chi connectivity index (χ3n) is 3.67. The lowest BCUT2D eigenvalue weighted by Gasteiger charge is -2.31. The fourth-order valence-electron chi connectivity index (χ4n) is 2.61. The van der Waals surface area contributed by atoms with Crippen LogP contribution in [0.15, 0.2) is 52.1 Å². The van der Waals surface area contributed by atoms with E-state index in [1.165, 1.54) is 0 Å². The Balaban J connectivity index is 1.93. The summed E-state index contributed by atoms with van der Waals surface area (Å²) in [6, 6.07) is 13.9. The molecule has 2 aromatic carbocycles. The van der Waals surface area contributed by atoms with Crippen molar-refractivity contribution in [2.24, 2.45) is 5.16 Å². The van der Waals surface area contributed by atoms with Gasteiger partial charge in [0.25, 0.3) is 0 Å². The number of halogens is 2. The summed E-state index contributed by atoms with van der Waals surface area (Å²) in [5.41, 5.74) is 3.89. The summed E-state index contributed by atoms with van der Waals surface area (Å²) in [6.07, 6.45) is 0.724. The molecule has 1 heterocycles. The second kappa shape index (κ2) is 6.08. The Hall–Kier alpha value is -1.52. The van der Waals surface area contributed by atoms with Gasteiger partial charge in [-0.1, -0.05) is 57.0 Å². The molecule has 0 fully saturated rings. The number of anilines is 1. The maximum atomic E-state index is 9.13. The van der Waals surface area contributed by atoms with E-state index in [1.54, 1.807) is 0 Å². The van der Waals surface area contributed by atoms with Crippen molar-refractivity contribution >= 4 is 38.9 Å². The number of fused-ring (bicyclic) bond motifs is 1. The number of nitrogens with zero attached hydrogens (tertiary/aromatic N) is 2. The summed E-state index contributed by atoms with van der Waals surface area (Å²) in [4.78, 5) is 2.26. The Labute approximate surface area is 137 Å². The molecule has 21 heavy (non-hydrogen) atoms. The molecule has 0 atom stereocenters. The first kappa shape index (κ1) is 14.4. The molecule has 2 aromatic rings. The van der Waals surface area contributed by atoms with Gasteiger partial charge in [0.05, 0.1) is 5.71 Å². The van der Waals surface area contributed by atoms with E-state index in [0.29, 0.717) is 0 Å². The Morgan fingerprint density at radius 2 is 2.05 bits per heavy atom. The van der Waals surface area contributed by atoms with E-state index in [2.05, 4.69) is 26.0 Å². The Bertz CT molecular complexity index is 702. The molecule has 0 aromatic heterocycles. The van der Waals surface area contributed by atoms with Crippen molar-refractivity contribution < 1.29 is 5.21 Å². The molecule has 0 spiro atoms. The highest BCUT2D eigenvalue weighted by Crippen LogP contribution is 2.30. The molecule has 0 amide bonds. The van der Waals surface area contributed by atoms with Crippen LogP contribution in [0.3, 0.4) is 0 Å². The van der Waals surface area contributed by atoms with E-state index >= 15 is 0 Å².